The standard InChI is InChI=1S/C78H52N2/c1-6-24-55(25-7-1)68-50-57(51-72-75(68)67-36-22-40-74-76(67)78(72,60-31-12-4-13-32-60)70-38-20-21-39-73(70)80(74)61-33-14-5-15-34-61)54-41-44-62(45-42-54)79(63-46-43-53-23-16-17-26-56(53)49-63)64-47-48-66-65-35-18-19-37-69(65)77(71(66)52-64,58-27-8-2-9-28-58)59-29-10-3-11-30-59/h1-52H. The lowest BCUT2D eigenvalue weighted by atomic mass is 9.64. The summed E-state index contributed by atoms with van der Waals surface area (Å²) in [5.74, 6) is 0. The fourth-order valence-corrected chi connectivity index (χ4v) is 14.2. The highest BCUT2D eigenvalue weighted by molar-refractivity contribution is 6.04. The molecule has 0 fully saturated rings. The van der Waals surface area contributed by atoms with E-state index in [1.54, 1.807) is 0 Å². The third kappa shape index (κ3) is 6.66. The Bertz CT molecular complexity index is 4470. The minimum absolute atomic E-state index is 0.538. The number of para-hydroxylation sites is 2. The number of nitrogens with zero attached hydrogens (tertiary/aromatic N) is 2. The molecule has 0 amide bonds. The van der Waals surface area contributed by atoms with Crippen LogP contribution in [0.25, 0.3) is 55.3 Å². The summed E-state index contributed by atoms with van der Waals surface area (Å²) < 4.78 is 0. The van der Waals surface area contributed by atoms with Gasteiger partial charge in [0.1, 0.15) is 0 Å². The van der Waals surface area contributed by atoms with Gasteiger partial charge in [-0.25, -0.2) is 0 Å². The molecule has 0 saturated heterocycles. The number of anilines is 6. The average molecular weight is 1020 g/mol. The maximum Gasteiger partial charge on any atom is 0.0754 e. The summed E-state index contributed by atoms with van der Waals surface area (Å²) in [7, 11) is 0. The smallest absolute Gasteiger partial charge is 0.0754 e. The predicted molar refractivity (Wildman–Crippen MR) is 332 cm³/mol. The SMILES string of the molecule is c1ccc(-c2cc(-c3ccc(N(c4ccc5c(c4)C(c4ccccc4)(c4ccccc4)c4ccccc4-5)c4ccc5ccccc5c4)cc3)cc3c2-c2cccc4c2C3(c2ccccc2)c2ccccc2N4c2ccccc2)cc1. The molecule has 0 radical (unpaired) electrons. The number of fused-ring (bicyclic) bond motifs is 9. The minimum atomic E-state index is -0.612. The van der Waals surface area contributed by atoms with Gasteiger partial charge in [0.25, 0.3) is 0 Å². The van der Waals surface area contributed by atoms with Crippen LogP contribution in [0.15, 0.2) is 315 Å². The third-order valence-electron chi connectivity index (χ3n) is 17.5. The summed E-state index contributed by atoms with van der Waals surface area (Å²) in [4.78, 5) is 4.94. The van der Waals surface area contributed by atoms with Gasteiger partial charge in [0, 0.05) is 28.3 Å². The summed E-state index contributed by atoms with van der Waals surface area (Å²) in [6, 6.07) is 117. The molecule has 2 aliphatic carbocycles. The van der Waals surface area contributed by atoms with Crippen molar-refractivity contribution in [3.05, 3.63) is 360 Å². The monoisotopic (exact) mass is 1020 g/mol. The highest BCUT2D eigenvalue weighted by Crippen LogP contribution is 2.66. The number of rotatable bonds is 9. The second-order valence-electron chi connectivity index (χ2n) is 21.5. The van der Waals surface area contributed by atoms with E-state index in [0.717, 1.165) is 28.3 Å². The largest absolute Gasteiger partial charge is 0.310 e. The molecule has 0 N–H and O–H groups in total. The minimum Gasteiger partial charge on any atom is -0.310 e. The van der Waals surface area contributed by atoms with Crippen LogP contribution in [-0.4, -0.2) is 0 Å². The molecule has 13 aromatic rings. The normalized spacial score (nSPS) is 14.9. The van der Waals surface area contributed by atoms with Crippen LogP contribution in [-0.2, 0) is 10.8 Å². The highest BCUT2D eigenvalue weighted by atomic mass is 15.2. The molecule has 0 saturated carbocycles. The van der Waals surface area contributed by atoms with E-state index in [1.165, 1.54) is 106 Å². The van der Waals surface area contributed by atoms with Crippen LogP contribution in [0, 0.1) is 0 Å². The lowest BCUT2D eigenvalue weighted by Gasteiger charge is -2.44. The molecule has 1 heterocycles. The van der Waals surface area contributed by atoms with E-state index in [9.17, 15) is 0 Å². The van der Waals surface area contributed by atoms with Gasteiger partial charge in [0.2, 0.25) is 0 Å². The maximum absolute atomic E-state index is 2.52. The molecule has 16 rings (SSSR count). The highest BCUT2D eigenvalue weighted by Gasteiger charge is 2.53. The van der Waals surface area contributed by atoms with E-state index in [4.69, 9.17) is 0 Å². The van der Waals surface area contributed by atoms with Gasteiger partial charge >= 0.3 is 0 Å². The molecule has 1 unspecified atom stereocenters. The van der Waals surface area contributed by atoms with Gasteiger partial charge in [0.15, 0.2) is 0 Å². The maximum atomic E-state index is 2.52. The van der Waals surface area contributed by atoms with Crippen LogP contribution in [0.4, 0.5) is 34.1 Å². The summed E-state index contributed by atoms with van der Waals surface area (Å²) in [5.41, 5.74) is 25.7. The van der Waals surface area contributed by atoms with Crippen molar-refractivity contribution in [1.82, 2.24) is 0 Å². The fraction of sp³-hybridized carbons (Fsp3) is 0.0256. The molecule has 2 heteroatoms. The predicted octanol–water partition coefficient (Wildman–Crippen LogP) is 20.2. The zero-order chi connectivity index (χ0) is 52.8. The van der Waals surface area contributed by atoms with Gasteiger partial charge in [0.05, 0.1) is 22.2 Å². The van der Waals surface area contributed by atoms with E-state index in [-0.39, 0.29) is 0 Å². The fourth-order valence-electron chi connectivity index (χ4n) is 14.2. The Morgan fingerprint density at radius 2 is 0.787 bits per heavy atom. The van der Waals surface area contributed by atoms with Crippen molar-refractivity contribution in [2.45, 2.75) is 10.8 Å². The Hall–Kier alpha value is -10.3. The Kier molecular flexibility index (Phi) is 10.4. The Morgan fingerprint density at radius 1 is 0.263 bits per heavy atom. The van der Waals surface area contributed by atoms with Crippen LogP contribution in [0.1, 0.15) is 44.5 Å². The van der Waals surface area contributed by atoms with Gasteiger partial charge in [-0.1, -0.05) is 243 Å². The molecule has 0 spiro atoms. The van der Waals surface area contributed by atoms with Crippen LogP contribution in [0.3, 0.4) is 0 Å². The first-order valence-electron chi connectivity index (χ1n) is 27.8. The van der Waals surface area contributed by atoms with E-state index in [2.05, 4.69) is 325 Å². The number of hydrogen-bond donors (Lipinski definition) is 0. The van der Waals surface area contributed by atoms with Crippen molar-refractivity contribution < 1.29 is 0 Å². The van der Waals surface area contributed by atoms with Crippen molar-refractivity contribution in [1.29, 1.82) is 0 Å². The third-order valence-corrected chi connectivity index (χ3v) is 17.5. The number of hydrogen-bond acceptors (Lipinski definition) is 2. The topological polar surface area (TPSA) is 6.48 Å². The molecule has 2 nitrogen and oxygen atoms in total. The Balaban J connectivity index is 0.909. The van der Waals surface area contributed by atoms with Gasteiger partial charge in [-0.3, -0.25) is 0 Å². The molecule has 0 aromatic heterocycles. The zero-order valence-electron chi connectivity index (χ0n) is 43.9. The van der Waals surface area contributed by atoms with Crippen LogP contribution in [0.2, 0.25) is 0 Å². The zero-order valence-corrected chi connectivity index (χ0v) is 43.9. The summed E-state index contributed by atoms with van der Waals surface area (Å²) in [6.07, 6.45) is 0. The van der Waals surface area contributed by atoms with E-state index < -0.39 is 10.8 Å². The molecule has 13 aromatic carbocycles. The Labute approximate surface area is 467 Å². The van der Waals surface area contributed by atoms with Crippen LogP contribution in [0.5, 0.6) is 0 Å². The molecule has 374 valence electrons. The molecular formula is C78H52N2. The van der Waals surface area contributed by atoms with E-state index in [0.29, 0.717) is 0 Å². The van der Waals surface area contributed by atoms with Crippen molar-refractivity contribution in [3.63, 3.8) is 0 Å². The Morgan fingerprint density at radius 3 is 1.50 bits per heavy atom. The van der Waals surface area contributed by atoms with Gasteiger partial charge in [-0.05, 0) is 167 Å². The quantitative estimate of drug-likeness (QED) is 0.142. The molecule has 1 atom stereocenters. The van der Waals surface area contributed by atoms with Gasteiger partial charge < -0.3 is 9.80 Å². The lowest BCUT2D eigenvalue weighted by molar-refractivity contribution is 0.754. The van der Waals surface area contributed by atoms with Crippen molar-refractivity contribution >= 4 is 44.9 Å². The average Bonchev–Trinajstić information content (AvgIpc) is 4.08. The first kappa shape index (κ1) is 45.9. The summed E-state index contributed by atoms with van der Waals surface area (Å²) >= 11 is 0. The molecule has 80 heavy (non-hydrogen) atoms. The van der Waals surface area contributed by atoms with Crippen molar-refractivity contribution in [2.75, 3.05) is 9.80 Å². The van der Waals surface area contributed by atoms with Gasteiger partial charge in [-0.15, -0.1) is 0 Å². The second-order valence-corrected chi connectivity index (χ2v) is 21.5. The second kappa shape index (κ2) is 18.2. The van der Waals surface area contributed by atoms with Crippen molar-refractivity contribution in [2.24, 2.45) is 0 Å². The van der Waals surface area contributed by atoms with Crippen LogP contribution >= 0.6 is 0 Å². The van der Waals surface area contributed by atoms with E-state index >= 15 is 0 Å². The lowest BCUT2D eigenvalue weighted by Crippen LogP contribution is -2.35. The molecule has 3 aliphatic rings. The summed E-state index contributed by atoms with van der Waals surface area (Å²) in [5, 5.41) is 2.41. The molecular weight excluding hydrogens is 965 g/mol. The molecule has 1 aliphatic heterocycles. The summed E-state index contributed by atoms with van der Waals surface area (Å²) in [6.45, 7) is 0. The van der Waals surface area contributed by atoms with E-state index in [1.807, 2.05) is 0 Å². The first-order valence-corrected chi connectivity index (χ1v) is 27.8. The van der Waals surface area contributed by atoms with Crippen LogP contribution < -0.4 is 9.80 Å². The molecule has 0 bridgehead atoms. The van der Waals surface area contributed by atoms with Crippen molar-refractivity contribution in [3.8, 4) is 44.5 Å². The number of benzene rings is 13. The first-order chi connectivity index (χ1) is 39.7. The van der Waals surface area contributed by atoms with Gasteiger partial charge in [-0.2, -0.15) is 0 Å².